The Kier molecular flexibility index (Phi) is 5.12. The molecule has 1 fully saturated rings. The monoisotopic (exact) mass is 304 g/mol. The number of rotatable bonds is 3. The number of amides is 1. The zero-order chi connectivity index (χ0) is 16.3. The van der Waals surface area contributed by atoms with E-state index in [0.717, 1.165) is 42.8 Å². The minimum absolute atomic E-state index is 0.00994. The fraction of sp³-hybridized carbons (Fsp3) is 0.611. The topological polar surface area (TPSA) is 55.6 Å². The summed E-state index contributed by atoms with van der Waals surface area (Å²) in [6.07, 6.45) is 1.76. The van der Waals surface area contributed by atoms with Crippen LogP contribution in [0, 0.1) is 6.92 Å². The van der Waals surface area contributed by atoms with Crippen molar-refractivity contribution >= 4 is 5.91 Å². The average Bonchev–Trinajstić information content (AvgIpc) is 2.44. The van der Waals surface area contributed by atoms with Crippen LogP contribution in [0.4, 0.5) is 0 Å². The SMILES string of the molecule is Cc1ccc(C(C)(C)C)c(OCC(=O)N2CCC(N)CC2)c1. The Bertz CT molecular complexity index is 526. The predicted molar refractivity (Wildman–Crippen MR) is 89.2 cm³/mol. The van der Waals surface area contributed by atoms with Crippen LogP contribution in [0.1, 0.15) is 44.7 Å². The largest absolute Gasteiger partial charge is 0.483 e. The van der Waals surface area contributed by atoms with Crippen LogP contribution in [0.5, 0.6) is 5.75 Å². The number of aryl methyl sites for hydroxylation is 1. The molecule has 0 aromatic heterocycles. The van der Waals surface area contributed by atoms with Crippen LogP contribution >= 0.6 is 0 Å². The maximum Gasteiger partial charge on any atom is 0.260 e. The Morgan fingerprint density at radius 2 is 1.95 bits per heavy atom. The van der Waals surface area contributed by atoms with E-state index in [-0.39, 0.29) is 24.0 Å². The van der Waals surface area contributed by atoms with Crippen molar-refractivity contribution in [2.75, 3.05) is 19.7 Å². The van der Waals surface area contributed by atoms with Crippen LogP contribution in [-0.2, 0) is 10.2 Å². The third kappa shape index (κ3) is 4.23. The van der Waals surface area contributed by atoms with Gasteiger partial charge >= 0.3 is 0 Å². The number of hydrogen-bond acceptors (Lipinski definition) is 3. The van der Waals surface area contributed by atoms with Crippen molar-refractivity contribution in [2.45, 2.75) is 52.0 Å². The van der Waals surface area contributed by atoms with Gasteiger partial charge in [-0.3, -0.25) is 4.79 Å². The second-order valence-electron chi connectivity index (χ2n) is 7.26. The average molecular weight is 304 g/mol. The first kappa shape index (κ1) is 16.8. The van der Waals surface area contributed by atoms with Crippen molar-refractivity contribution in [1.82, 2.24) is 4.90 Å². The second kappa shape index (κ2) is 6.69. The summed E-state index contributed by atoms with van der Waals surface area (Å²) in [7, 11) is 0. The summed E-state index contributed by atoms with van der Waals surface area (Å²) >= 11 is 0. The number of piperidine rings is 1. The summed E-state index contributed by atoms with van der Waals surface area (Å²) in [5, 5.41) is 0. The number of ether oxygens (including phenoxy) is 1. The zero-order valence-corrected chi connectivity index (χ0v) is 14.2. The van der Waals surface area contributed by atoms with Gasteiger partial charge < -0.3 is 15.4 Å². The van der Waals surface area contributed by atoms with Gasteiger partial charge in [-0.25, -0.2) is 0 Å². The van der Waals surface area contributed by atoms with E-state index in [0.29, 0.717) is 0 Å². The fourth-order valence-electron chi connectivity index (χ4n) is 2.75. The van der Waals surface area contributed by atoms with Gasteiger partial charge in [-0.1, -0.05) is 32.9 Å². The first-order valence-electron chi connectivity index (χ1n) is 8.04. The van der Waals surface area contributed by atoms with Crippen LogP contribution < -0.4 is 10.5 Å². The molecule has 0 atom stereocenters. The van der Waals surface area contributed by atoms with Crippen molar-refractivity contribution in [1.29, 1.82) is 0 Å². The lowest BCUT2D eigenvalue weighted by molar-refractivity contribution is -0.134. The van der Waals surface area contributed by atoms with Crippen molar-refractivity contribution in [3.05, 3.63) is 29.3 Å². The number of benzene rings is 1. The molecule has 1 saturated heterocycles. The molecule has 1 heterocycles. The first-order chi connectivity index (χ1) is 10.3. The summed E-state index contributed by atoms with van der Waals surface area (Å²) in [5.41, 5.74) is 8.14. The molecule has 1 aliphatic heterocycles. The molecule has 0 unspecified atom stereocenters. The highest BCUT2D eigenvalue weighted by Crippen LogP contribution is 2.32. The molecular weight excluding hydrogens is 276 g/mol. The molecule has 4 nitrogen and oxygen atoms in total. The molecule has 2 N–H and O–H groups in total. The molecule has 0 radical (unpaired) electrons. The molecule has 0 saturated carbocycles. The lowest BCUT2D eigenvalue weighted by Gasteiger charge is -2.30. The Hall–Kier alpha value is -1.55. The molecule has 2 rings (SSSR count). The third-order valence-electron chi connectivity index (χ3n) is 4.19. The molecule has 0 aliphatic carbocycles. The fourth-order valence-corrected chi connectivity index (χ4v) is 2.75. The zero-order valence-electron chi connectivity index (χ0n) is 14.2. The van der Waals surface area contributed by atoms with E-state index in [1.165, 1.54) is 0 Å². The minimum Gasteiger partial charge on any atom is -0.483 e. The van der Waals surface area contributed by atoms with Crippen molar-refractivity contribution in [3.63, 3.8) is 0 Å². The van der Waals surface area contributed by atoms with Gasteiger partial charge in [-0.2, -0.15) is 0 Å². The van der Waals surface area contributed by atoms with Gasteiger partial charge in [0, 0.05) is 19.1 Å². The standard InChI is InChI=1S/C18H28N2O2/c1-13-5-6-15(18(2,3)4)16(11-13)22-12-17(21)20-9-7-14(19)8-10-20/h5-6,11,14H,7-10,12,19H2,1-4H3. The van der Waals surface area contributed by atoms with E-state index in [2.05, 4.69) is 32.9 Å². The summed E-state index contributed by atoms with van der Waals surface area (Å²) in [5.74, 6) is 0.864. The molecule has 1 aliphatic rings. The normalized spacial score (nSPS) is 16.7. The smallest absolute Gasteiger partial charge is 0.260 e. The van der Waals surface area contributed by atoms with Gasteiger partial charge in [0.1, 0.15) is 5.75 Å². The Labute approximate surface area is 133 Å². The van der Waals surface area contributed by atoms with Crippen LogP contribution in [-0.4, -0.2) is 36.5 Å². The van der Waals surface area contributed by atoms with Crippen molar-refractivity contribution in [2.24, 2.45) is 5.73 Å². The summed E-state index contributed by atoms with van der Waals surface area (Å²) in [6, 6.07) is 6.42. The van der Waals surface area contributed by atoms with E-state index < -0.39 is 0 Å². The third-order valence-corrected chi connectivity index (χ3v) is 4.19. The summed E-state index contributed by atoms with van der Waals surface area (Å²) < 4.78 is 5.86. The highest BCUT2D eigenvalue weighted by Gasteiger charge is 2.23. The Morgan fingerprint density at radius 3 is 2.55 bits per heavy atom. The van der Waals surface area contributed by atoms with Crippen molar-refractivity contribution in [3.8, 4) is 5.75 Å². The molecule has 1 amide bonds. The van der Waals surface area contributed by atoms with E-state index in [4.69, 9.17) is 10.5 Å². The lowest BCUT2D eigenvalue weighted by atomic mass is 9.86. The van der Waals surface area contributed by atoms with E-state index in [1.807, 2.05) is 17.9 Å². The lowest BCUT2D eigenvalue weighted by Crippen LogP contribution is -2.44. The maximum atomic E-state index is 12.3. The molecule has 1 aromatic carbocycles. The van der Waals surface area contributed by atoms with Crippen LogP contribution in [0.3, 0.4) is 0 Å². The Balaban J connectivity index is 2.02. The van der Waals surface area contributed by atoms with Crippen molar-refractivity contribution < 1.29 is 9.53 Å². The predicted octanol–water partition coefficient (Wildman–Crippen LogP) is 2.62. The molecule has 4 heteroatoms. The number of hydrogen-bond donors (Lipinski definition) is 1. The number of likely N-dealkylation sites (tertiary alicyclic amines) is 1. The number of carbonyl (C=O) groups excluding carboxylic acids is 1. The van der Waals surface area contributed by atoms with Crippen LogP contribution in [0.25, 0.3) is 0 Å². The van der Waals surface area contributed by atoms with Crippen LogP contribution in [0.2, 0.25) is 0 Å². The van der Waals surface area contributed by atoms with E-state index in [9.17, 15) is 4.79 Å². The van der Waals surface area contributed by atoms with Gasteiger partial charge in [0.05, 0.1) is 0 Å². The van der Waals surface area contributed by atoms with Crippen LogP contribution in [0.15, 0.2) is 18.2 Å². The van der Waals surface area contributed by atoms with Gasteiger partial charge in [0.15, 0.2) is 6.61 Å². The quantitative estimate of drug-likeness (QED) is 0.934. The summed E-state index contributed by atoms with van der Waals surface area (Å²) in [4.78, 5) is 14.1. The molecule has 1 aromatic rings. The minimum atomic E-state index is -0.00994. The van der Waals surface area contributed by atoms with Gasteiger partial charge in [0.2, 0.25) is 0 Å². The number of carbonyl (C=O) groups is 1. The maximum absolute atomic E-state index is 12.3. The molecule has 0 bridgehead atoms. The van der Waals surface area contributed by atoms with Gasteiger partial charge in [0.25, 0.3) is 5.91 Å². The van der Waals surface area contributed by atoms with Gasteiger partial charge in [-0.15, -0.1) is 0 Å². The molecule has 122 valence electrons. The highest BCUT2D eigenvalue weighted by atomic mass is 16.5. The molecular formula is C18H28N2O2. The Morgan fingerprint density at radius 1 is 1.32 bits per heavy atom. The number of nitrogens with zero attached hydrogens (tertiary/aromatic N) is 1. The first-order valence-corrected chi connectivity index (χ1v) is 8.04. The van der Waals surface area contributed by atoms with E-state index >= 15 is 0 Å². The van der Waals surface area contributed by atoms with Gasteiger partial charge in [-0.05, 0) is 42.4 Å². The number of nitrogens with two attached hydrogens (primary N) is 1. The van der Waals surface area contributed by atoms with E-state index in [1.54, 1.807) is 0 Å². The highest BCUT2D eigenvalue weighted by molar-refractivity contribution is 5.78. The molecule has 0 spiro atoms. The molecule has 22 heavy (non-hydrogen) atoms. The summed E-state index contributed by atoms with van der Waals surface area (Å²) in [6.45, 7) is 10.1. The second-order valence-corrected chi connectivity index (χ2v) is 7.26.